The van der Waals surface area contributed by atoms with E-state index in [2.05, 4.69) is 4.72 Å². The number of thioether (sulfide) groups is 1. The summed E-state index contributed by atoms with van der Waals surface area (Å²) >= 11 is 1.63. The molecule has 0 spiro atoms. The van der Waals surface area contributed by atoms with Gasteiger partial charge in [-0.25, -0.2) is 13.1 Å². The summed E-state index contributed by atoms with van der Waals surface area (Å²) in [6.07, 6.45) is 2.64. The SMILES string of the molecule is CSc1ccc([C@@H](O)CNS(=O)(=O)C2CC2)cc1. The standard InChI is InChI=1S/C12H17NO3S2/c1-17-10-4-2-9(3-5-10)12(14)8-13-18(15,16)11-6-7-11/h2-5,11-14H,6-8H2,1H3/t12-/m0/s1. The molecule has 6 heteroatoms. The Balaban J connectivity index is 1.92. The second-order valence-electron chi connectivity index (χ2n) is 4.38. The molecule has 1 aromatic carbocycles. The molecule has 0 unspecified atom stereocenters. The van der Waals surface area contributed by atoms with Gasteiger partial charge in [-0.3, -0.25) is 0 Å². The monoisotopic (exact) mass is 287 g/mol. The van der Waals surface area contributed by atoms with Crippen molar-refractivity contribution in [1.82, 2.24) is 4.72 Å². The highest BCUT2D eigenvalue weighted by atomic mass is 32.2. The number of sulfonamides is 1. The van der Waals surface area contributed by atoms with E-state index < -0.39 is 16.1 Å². The van der Waals surface area contributed by atoms with E-state index in [-0.39, 0.29) is 11.8 Å². The lowest BCUT2D eigenvalue weighted by Crippen LogP contribution is -2.31. The fourth-order valence-electron chi connectivity index (χ4n) is 1.64. The molecule has 1 fully saturated rings. The quantitative estimate of drug-likeness (QED) is 0.779. The second kappa shape index (κ2) is 5.61. The first-order valence-electron chi connectivity index (χ1n) is 5.83. The molecule has 0 aliphatic heterocycles. The summed E-state index contributed by atoms with van der Waals surface area (Å²) < 4.78 is 25.7. The largest absolute Gasteiger partial charge is 0.387 e. The topological polar surface area (TPSA) is 66.4 Å². The molecule has 1 aromatic rings. The summed E-state index contributed by atoms with van der Waals surface area (Å²) in [5, 5.41) is 9.67. The van der Waals surface area contributed by atoms with Crippen molar-refractivity contribution < 1.29 is 13.5 Å². The highest BCUT2D eigenvalue weighted by molar-refractivity contribution is 7.98. The Morgan fingerprint density at radius 1 is 1.39 bits per heavy atom. The van der Waals surface area contributed by atoms with E-state index in [9.17, 15) is 13.5 Å². The van der Waals surface area contributed by atoms with Crippen LogP contribution in [0, 0.1) is 0 Å². The Kier molecular flexibility index (Phi) is 4.32. The molecule has 1 saturated carbocycles. The normalized spacial score (nSPS) is 17.7. The molecule has 0 amide bonds. The zero-order valence-electron chi connectivity index (χ0n) is 10.2. The van der Waals surface area contributed by atoms with Crippen LogP contribution in [0.3, 0.4) is 0 Å². The van der Waals surface area contributed by atoms with Crippen molar-refractivity contribution >= 4 is 21.8 Å². The van der Waals surface area contributed by atoms with Crippen LogP contribution in [0.15, 0.2) is 29.2 Å². The van der Waals surface area contributed by atoms with Crippen molar-refractivity contribution in [2.45, 2.75) is 29.1 Å². The summed E-state index contributed by atoms with van der Waals surface area (Å²) in [6, 6.07) is 7.47. The van der Waals surface area contributed by atoms with Crippen LogP contribution in [-0.2, 0) is 10.0 Å². The van der Waals surface area contributed by atoms with Crippen molar-refractivity contribution in [3.63, 3.8) is 0 Å². The molecule has 0 bridgehead atoms. The Morgan fingerprint density at radius 3 is 2.50 bits per heavy atom. The number of benzene rings is 1. The van der Waals surface area contributed by atoms with Crippen LogP contribution in [-0.4, -0.2) is 31.6 Å². The van der Waals surface area contributed by atoms with Crippen molar-refractivity contribution in [2.24, 2.45) is 0 Å². The molecule has 1 atom stereocenters. The van der Waals surface area contributed by atoms with E-state index in [0.717, 1.165) is 23.3 Å². The minimum absolute atomic E-state index is 0.0391. The van der Waals surface area contributed by atoms with Gasteiger partial charge in [0.1, 0.15) is 0 Å². The average molecular weight is 287 g/mol. The molecule has 100 valence electrons. The van der Waals surface area contributed by atoms with Crippen LogP contribution >= 0.6 is 11.8 Å². The minimum Gasteiger partial charge on any atom is -0.387 e. The number of nitrogens with one attached hydrogen (secondary N) is 1. The summed E-state index contributed by atoms with van der Waals surface area (Å²) in [7, 11) is -3.22. The average Bonchev–Trinajstić information content (AvgIpc) is 3.21. The lowest BCUT2D eigenvalue weighted by Gasteiger charge is -2.12. The third-order valence-electron chi connectivity index (χ3n) is 2.94. The lowest BCUT2D eigenvalue weighted by atomic mass is 10.1. The Morgan fingerprint density at radius 2 is 2.00 bits per heavy atom. The van der Waals surface area contributed by atoms with E-state index in [1.807, 2.05) is 30.5 Å². The van der Waals surface area contributed by atoms with Gasteiger partial charge in [0, 0.05) is 11.4 Å². The molecular weight excluding hydrogens is 270 g/mol. The minimum atomic E-state index is -3.22. The maximum Gasteiger partial charge on any atom is 0.214 e. The molecule has 0 aromatic heterocycles. The molecule has 4 nitrogen and oxygen atoms in total. The van der Waals surface area contributed by atoms with Gasteiger partial charge in [-0.05, 0) is 36.8 Å². The first-order valence-corrected chi connectivity index (χ1v) is 8.60. The molecule has 0 heterocycles. The second-order valence-corrected chi connectivity index (χ2v) is 7.31. The van der Waals surface area contributed by atoms with Gasteiger partial charge in [-0.15, -0.1) is 11.8 Å². The number of hydrogen-bond donors (Lipinski definition) is 2. The molecule has 2 rings (SSSR count). The van der Waals surface area contributed by atoms with Gasteiger partial charge < -0.3 is 5.11 Å². The fraction of sp³-hybridized carbons (Fsp3) is 0.500. The number of aliphatic hydroxyl groups excluding tert-OH is 1. The van der Waals surface area contributed by atoms with Crippen LogP contribution in [0.25, 0.3) is 0 Å². The molecule has 0 radical (unpaired) electrons. The van der Waals surface area contributed by atoms with Crippen LogP contribution in [0.5, 0.6) is 0 Å². The van der Waals surface area contributed by atoms with Crippen LogP contribution < -0.4 is 4.72 Å². The summed E-state index contributed by atoms with van der Waals surface area (Å²) in [5.41, 5.74) is 0.728. The Labute approximate surface area is 112 Å². The van der Waals surface area contributed by atoms with Gasteiger partial charge in [0.05, 0.1) is 11.4 Å². The third kappa shape index (κ3) is 3.47. The van der Waals surface area contributed by atoms with E-state index in [4.69, 9.17) is 0 Å². The van der Waals surface area contributed by atoms with Gasteiger partial charge in [0.25, 0.3) is 0 Å². The van der Waals surface area contributed by atoms with E-state index >= 15 is 0 Å². The molecule has 1 aliphatic carbocycles. The third-order valence-corrected chi connectivity index (χ3v) is 5.60. The summed E-state index contributed by atoms with van der Waals surface area (Å²) in [6.45, 7) is 0.0391. The highest BCUT2D eigenvalue weighted by Gasteiger charge is 2.35. The predicted octanol–water partition coefficient (Wildman–Crippen LogP) is 1.52. The molecule has 18 heavy (non-hydrogen) atoms. The smallest absolute Gasteiger partial charge is 0.214 e. The van der Waals surface area contributed by atoms with Gasteiger partial charge in [-0.2, -0.15) is 0 Å². The predicted molar refractivity (Wildman–Crippen MR) is 73.1 cm³/mol. The molecule has 1 aliphatic rings. The summed E-state index contributed by atoms with van der Waals surface area (Å²) in [5.74, 6) is 0. The van der Waals surface area contributed by atoms with E-state index in [1.54, 1.807) is 11.8 Å². The molecular formula is C12H17NO3S2. The van der Waals surface area contributed by atoms with Gasteiger partial charge >= 0.3 is 0 Å². The van der Waals surface area contributed by atoms with E-state index in [1.165, 1.54) is 0 Å². The Hall–Kier alpha value is -0.560. The molecule has 0 saturated heterocycles. The van der Waals surface area contributed by atoms with Crippen molar-refractivity contribution in [1.29, 1.82) is 0 Å². The maximum absolute atomic E-state index is 11.6. The van der Waals surface area contributed by atoms with Crippen LogP contribution in [0.1, 0.15) is 24.5 Å². The number of aliphatic hydroxyl groups is 1. The first kappa shape index (κ1) is 13.9. The van der Waals surface area contributed by atoms with Crippen molar-refractivity contribution in [3.05, 3.63) is 29.8 Å². The number of rotatable bonds is 6. The van der Waals surface area contributed by atoms with Crippen molar-refractivity contribution in [2.75, 3.05) is 12.8 Å². The van der Waals surface area contributed by atoms with Gasteiger partial charge in [0.2, 0.25) is 10.0 Å². The van der Waals surface area contributed by atoms with E-state index in [0.29, 0.717) is 0 Å². The maximum atomic E-state index is 11.6. The number of hydrogen-bond acceptors (Lipinski definition) is 4. The zero-order chi connectivity index (χ0) is 13.2. The van der Waals surface area contributed by atoms with Gasteiger partial charge in [0.15, 0.2) is 0 Å². The first-order chi connectivity index (χ1) is 8.53. The molecule has 2 N–H and O–H groups in total. The lowest BCUT2D eigenvalue weighted by molar-refractivity contribution is 0.182. The Bertz CT molecular complexity index is 495. The van der Waals surface area contributed by atoms with Crippen molar-refractivity contribution in [3.8, 4) is 0 Å². The van der Waals surface area contributed by atoms with Crippen LogP contribution in [0.2, 0.25) is 0 Å². The fourth-order valence-corrected chi connectivity index (χ4v) is 3.43. The highest BCUT2D eigenvalue weighted by Crippen LogP contribution is 2.27. The van der Waals surface area contributed by atoms with Crippen LogP contribution in [0.4, 0.5) is 0 Å². The zero-order valence-corrected chi connectivity index (χ0v) is 11.8. The summed E-state index contributed by atoms with van der Waals surface area (Å²) in [4.78, 5) is 1.12. The van der Waals surface area contributed by atoms with Gasteiger partial charge in [-0.1, -0.05) is 12.1 Å².